The first kappa shape index (κ1) is 30.6. The van der Waals surface area contributed by atoms with Crippen molar-refractivity contribution < 1.29 is 20.1 Å². The molecule has 3 N–H and O–H groups in total. The monoisotopic (exact) mass is 596 g/mol. The molecule has 10 nitrogen and oxygen atoms in total. The highest BCUT2D eigenvalue weighted by Crippen LogP contribution is 2.48. The van der Waals surface area contributed by atoms with Gasteiger partial charge in [0, 0.05) is 43.6 Å². The van der Waals surface area contributed by atoms with Crippen LogP contribution in [0.25, 0.3) is 0 Å². The minimum atomic E-state index is -1.11. The average Bonchev–Trinajstić information content (AvgIpc) is 3.41. The Hall–Kier alpha value is -2.83. The van der Waals surface area contributed by atoms with E-state index >= 15 is 0 Å². The second-order valence-electron chi connectivity index (χ2n) is 11.9. The molecule has 0 spiro atoms. The molecule has 2 saturated heterocycles. The second-order valence-corrected chi connectivity index (χ2v) is 14.3. The predicted octanol–water partition coefficient (Wildman–Crippen LogP) is 1.29. The zero-order valence-electron chi connectivity index (χ0n) is 24.8. The Morgan fingerprint density at radius 1 is 0.976 bits per heavy atom. The molecule has 2 fully saturated rings. The molecule has 0 bridgehead atoms. The van der Waals surface area contributed by atoms with E-state index in [1.54, 1.807) is 4.68 Å². The van der Waals surface area contributed by atoms with Crippen molar-refractivity contribution in [3.63, 3.8) is 0 Å². The molecule has 0 radical (unpaired) electrons. The van der Waals surface area contributed by atoms with Crippen LogP contribution in [0.5, 0.6) is 0 Å². The summed E-state index contributed by atoms with van der Waals surface area (Å²) in [6.45, 7) is 5.55. The van der Waals surface area contributed by atoms with Gasteiger partial charge in [-0.25, -0.2) is 15.6 Å². The molecule has 2 aromatic carbocycles. The molecule has 1 unspecified atom stereocenters. The SMILES string of the molecule is Cc1ccc([C@H]2[C@H](O)[C@H](O)[C@H](O)C[SH]2C)cc1Cc1ccc(CCCc2nnnn2CC(=O)N2CCN(C)CC2)cc1. The molecule has 3 aromatic rings. The number of aliphatic hydroxyl groups is 3. The van der Waals surface area contributed by atoms with Gasteiger partial charge in [0.2, 0.25) is 5.91 Å². The van der Waals surface area contributed by atoms with Crippen LogP contribution < -0.4 is 0 Å². The number of carbonyl (C=O) groups is 1. The van der Waals surface area contributed by atoms with Crippen molar-refractivity contribution in [1.82, 2.24) is 30.0 Å². The minimum Gasteiger partial charge on any atom is -0.390 e. The number of tetrazole rings is 1. The lowest BCUT2D eigenvalue weighted by atomic mass is 9.93. The lowest BCUT2D eigenvalue weighted by molar-refractivity contribution is -0.133. The summed E-state index contributed by atoms with van der Waals surface area (Å²) in [6, 6.07) is 15.0. The number of carbonyl (C=O) groups excluding carboxylic acids is 1. The fourth-order valence-corrected chi connectivity index (χ4v) is 8.41. The topological polar surface area (TPSA) is 128 Å². The van der Waals surface area contributed by atoms with E-state index in [2.05, 4.69) is 83.1 Å². The lowest BCUT2D eigenvalue weighted by Gasteiger charge is -2.42. The molecule has 5 atom stereocenters. The molecule has 5 rings (SSSR count). The van der Waals surface area contributed by atoms with Crippen LogP contribution in [0.15, 0.2) is 42.5 Å². The van der Waals surface area contributed by atoms with E-state index in [0.717, 1.165) is 56.8 Å². The van der Waals surface area contributed by atoms with Gasteiger partial charge in [-0.05, 0) is 77.7 Å². The van der Waals surface area contributed by atoms with Gasteiger partial charge < -0.3 is 25.1 Å². The van der Waals surface area contributed by atoms with Crippen molar-refractivity contribution in [1.29, 1.82) is 0 Å². The van der Waals surface area contributed by atoms with Crippen LogP contribution in [0.2, 0.25) is 0 Å². The van der Waals surface area contributed by atoms with E-state index in [1.807, 2.05) is 4.90 Å². The third-order valence-electron chi connectivity index (χ3n) is 8.76. The van der Waals surface area contributed by atoms with Crippen molar-refractivity contribution in [2.24, 2.45) is 0 Å². The van der Waals surface area contributed by atoms with Gasteiger partial charge in [0.15, 0.2) is 5.82 Å². The Balaban J connectivity index is 1.15. The third-order valence-corrected chi connectivity index (χ3v) is 11.3. The van der Waals surface area contributed by atoms with Crippen molar-refractivity contribution in [3.8, 4) is 0 Å². The molecule has 2 aliphatic rings. The fourth-order valence-electron chi connectivity index (χ4n) is 6.01. The highest BCUT2D eigenvalue weighted by Gasteiger charge is 2.40. The molecule has 228 valence electrons. The number of hydrogen-bond donors (Lipinski definition) is 4. The molecule has 2 aliphatic heterocycles. The van der Waals surface area contributed by atoms with Crippen LogP contribution in [-0.4, -0.2) is 115 Å². The highest BCUT2D eigenvalue weighted by atomic mass is 32.2. The lowest BCUT2D eigenvalue weighted by Crippen LogP contribution is -2.48. The number of hydrogen-bond acceptors (Lipinski definition) is 8. The average molecular weight is 597 g/mol. The Kier molecular flexibility index (Phi) is 9.95. The number of aryl methyl sites for hydroxylation is 3. The first-order chi connectivity index (χ1) is 20.2. The number of nitrogens with zero attached hydrogens (tertiary/aromatic N) is 6. The summed E-state index contributed by atoms with van der Waals surface area (Å²) >= 11 is 0. The van der Waals surface area contributed by atoms with Crippen LogP contribution in [0.1, 0.15) is 45.3 Å². The van der Waals surface area contributed by atoms with Crippen LogP contribution in [0, 0.1) is 6.92 Å². The second kappa shape index (κ2) is 13.6. The van der Waals surface area contributed by atoms with Gasteiger partial charge >= 0.3 is 0 Å². The largest absolute Gasteiger partial charge is 0.390 e. The van der Waals surface area contributed by atoms with Crippen LogP contribution in [0.4, 0.5) is 0 Å². The Bertz CT molecular complexity index is 1340. The maximum absolute atomic E-state index is 12.7. The first-order valence-electron chi connectivity index (χ1n) is 14.8. The molecule has 1 aromatic heterocycles. The summed E-state index contributed by atoms with van der Waals surface area (Å²) in [6.07, 6.45) is 2.43. The number of rotatable bonds is 9. The number of benzene rings is 2. The van der Waals surface area contributed by atoms with Crippen LogP contribution >= 0.6 is 10.9 Å². The van der Waals surface area contributed by atoms with Gasteiger partial charge in [-0.15, -0.1) is 5.10 Å². The molecule has 42 heavy (non-hydrogen) atoms. The van der Waals surface area contributed by atoms with E-state index in [4.69, 9.17) is 0 Å². The molecule has 11 heteroatoms. The fraction of sp³-hybridized carbons (Fsp3) is 0.548. The highest BCUT2D eigenvalue weighted by molar-refractivity contribution is 8.16. The summed E-state index contributed by atoms with van der Waals surface area (Å²) < 4.78 is 1.64. The molecule has 0 aliphatic carbocycles. The quantitative estimate of drug-likeness (QED) is 0.272. The van der Waals surface area contributed by atoms with Crippen molar-refractivity contribution in [3.05, 3.63) is 76.1 Å². The summed E-state index contributed by atoms with van der Waals surface area (Å²) in [5, 5.41) is 43.0. The number of aromatic nitrogens is 4. The summed E-state index contributed by atoms with van der Waals surface area (Å²) in [7, 11) is 1.42. The number of thiol groups is 1. The minimum absolute atomic E-state index is 0.0646. The smallest absolute Gasteiger partial charge is 0.244 e. The molecule has 3 heterocycles. The van der Waals surface area contributed by atoms with Gasteiger partial charge in [0.1, 0.15) is 12.6 Å². The van der Waals surface area contributed by atoms with Gasteiger partial charge in [0.05, 0.1) is 12.2 Å². The summed E-state index contributed by atoms with van der Waals surface area (Å²) in [4.78, 5) is 16.8. The Labute approximate surface area is 250 Å². The standard InChI is InChI=1S/C31H44N6O4S/c1-21-7-12-24(31-30(41)29(40)26(38)20-42(31)3)18-25(21)17-23-10-8-22(9-11-23)5-4-6-27-32-33-34-37(27)19-28(39)36-15-13-35(2)14-16-36/h7-12,18,26,29-31,38,40-42H,4-6,13-17,19-20H2,1-3H3/t26-,29-,30-,31+/m1/s1. The third kappa shape index (κ3) is 7.20. The maximum Gasteiger partial charge on any atom is 0.244 e. The number of aliphatic hydroxyl groups excluding tert-OH is 3. The Morgan fingerprint density at radius 3 is 2.43 bits per heavy atom. The van der Waals surface area contributed by atoms with E-state index in [1.165, 1.54) is 22.3 Å². The van der Waals surface area contributed by atoms with Gasteiger partial charge in [-0.2, -0.15) is 0 Å². The molecular weight excluding hydrogens is 552 g/mol. The van der Waals surface area contributed by atoms with Crippen LogP contribution in [0.3, 0.4) is 0 Å². The predicted molar refractivity (Wildman–Crippen MR) is 165 cm³/mol. The molecule has 1 amide bonds. The summed E-state index contributed by atoms with van der Waals surface area (Å²) in [5.74, 6) is 1.34. The van der Waals surface area contributed by atoms with Crippen molar-refractivity contribution >= 4 is 16.8 Å². The zero-order chi connectivity index (χ0) is 29.8. The van der Waals surface area contributed by atoms with Gasteiger partial charge in [-0.3, -0.25) is 4.79 Å². The van der Waals surface area contributed by atoms with Crippen molar-refractivity contribution in [2.45, 2.75) is 62.7 Å². The van der Waals surface area contributed by atoms with E-state index in [-0.39, 0.29) is 17.7 Å². The molecular formula is C31H44N6O4S. The van der Waals surface area contributed by atoms with Gasteiger partial charge in [0.25, 0.3) is 0 Å². The summed E-state index contributed by atoms with van der Waals surface area (Å²) in [5.41, 5.74) is 5.88. The van der Waals surface area contributed by atoms with E-state index in [9.17, 15) is 20.1 Å². The number of amides is 1. The first-order valence-corrected chi connectivity index (χ1v) is 16.9. The van der Waals surface area contributed by atoms with Gasteiger partial charge in [-0.1, -0.05) is 42.5 Å². The number of piperazine rings is 1. The number of likely N-dealkylation sites (N-methyl/N-ethyl adjacent to an activating group) is 1. The van der Waals surface area contributed by atoms with E-state index in [0.29, 0.717) is 12.2 Å². The zero-order valence-corrected chi connectivity index (χ0v) is 25.7. The van der Waals surface area contributed by atoms with Crippen molar-refractivity contribution in [2.75, 3.05) is 45.2 Å². The molecule has 0 saturated carbocycles. The van der Waals surface area contributed by atoms with E-state index < -0.39 is 29.2 Å². The normalized spacial score (nSPS) is 26.0. The van der Waals surface area contributed by atoms with Crippen LogP contribution in [-0.2, 0) is 30.6 Å². The Morgan fingerprint density at radius 2 is 1.69 bits per heavy atom. The maximum atomic E-state index is 12.7.